The Balaban J connectivity index is 1.76. The lowest BCUT2D eigenvalue weighted by Crippen LogP contribution is -2.13. The lowest BCUT2D eigenvalue weighted by atomic mass is 10.1. The van der Waals surface area contributed by atoms with Crippen molar-refractivity contribution >= 4 is 16.7 Å². The molecule has 3 aromatic carbocycles. The van der Waals surface area contributed by atoms with Crippen molar-refractivity contribution in [2.24, 2.45) is 0 Å². The number of rotatable bonds is 5. The van der Waals surface area contributed by atoms with Crippen LogP contribution in [0.2, 0.25) is 0 Å². The maximum absolute atomic E-state index is 13.1. The average molecular weight is 384 g/mol. The summed E-state index contributed by atoms with van der Waals surface area (Å²) in [5.74, 6) is 0.0661. The molecule has 0 spiro atoms. The number of hydrogen-bond donors (Lipinski definition) is 0. The molecule has 0 bridgehead atoms. The molecule has 0 atom stereocenters. The fourth-order valence-electron chi connectivity index (χ4n) is 3.55. The van der Waals surface area contributed by atoms with E-state index < -0.39 is 0 Å². The van der Waals surface area contributed by atoms with E-state index in [9.17, 15) is 4.79 Å². The molecule has 0 saturated carbocycles. The summed E-state index contributed by atoms with van der Waals surface area (Å²) in [5, 5.41) is 6.61. The van der Waals surface area contributed by atoms with Crippen LogP contribution >= 0.6 is 0 Å². The fraction of sp³-hybridized carbons (Fsp3) is 0.200. The van der Waals surface area contributed by atoms with E-state index in [2.05, 4.69) is 26.8 Å². The number of esters is 1. The molecule has 0 saturated heterocycles. The number of ether oxygens (including phenoxy) is 1. The van der Waals surface area contributed by atoms with Crippen molar-refractivity contribution < 1.29 is 9.53 Å². The van der Waals surface area contributed by atoms with Crippen molar-refractivity contribution in [3.05, 3.63) is 89.1 Å². The molecule has 0 radical (unpaired) electrons. The van der Waals surface area contributed by atoms with Gasteiger partial charge < -0.3 is 4.74 Å². The number of hydrogen-bond acceptors (Lipinski definition) is 3. The molecule has 1 heterocycles. The van der Waals surface area contributed by atoms with Gasteiger partial charge in [0.05, 0.1) is 16.9 Å². The molecule has 1 aromatic heterocycles. The molecule has 4 heteroatoms. The molecule has 4 aromatic rings. The number of fused-ring (bicyclic) bond motifs is 1. The quantitative estimate of drug-likeness (QED) is 0.408. The van der Waals surface area contributed by atoms with Crippen LogP contribution in [0.5, 0.6) is 5.88 Å². The van der Waals surface area contributed by atoms with Gasteiger partial charge in [0, 0.05) is 6.07 Å². The number of carbonyl (C=O) groups excluding carboxylic acids is 1. The summed E-state index contributed by atoms with van der Waals surface area (Å²) in [5.41, 5.74) is 4.67. The number of aryl methyl sites for hydroxylation is 2. The zero-order valence-corrected chi connectivity index (χ0v) is 17.0. The maximum atomic E-state index is 13.1. The van der Waals surface area contributed by atoms with Gasteiger partial charge in [-0.05, 0) is 54.3 Å². The molecule has 0 N–H and O–H groups in total. The van der Waals surface area contributed by atoms with Crippen molar-refractivity contribution in [2.45, 2.75) is 33.6 Å². The van der Waals surface area contributed by atoms with Crippen LogP contribution in [0, 0.1) is 13.8 Å². The van der Waals surface area contributed by atoms with E-state index >= 15 is 0 Å². The predicted molar refractivity (Wildman–Crippen MR) is 116 cm³/mol. The second kappa shape index (κ2) is 7.92. The van der Waals surface area contributed by atoms with Crippen LogP contribution < -0.4 is 4.74 Å². The minimum absolute atomic E-state index is 0.378. The Morgan fingerprint density at radius 2 is 1.76 bits per heavy atom. The zero-order valence-electron chi connectivity index (χ0n) is 17.0. The van der Waals surface area contributed by atoms with E-state index in [-0.39, 0.29) is 5.97 Å². The number of carbonyl (C=O) groups is 1. The van der Waals surface area contributed by atoms with Crippen molar-refractivity contribution in [1.29, 1.82) is 0 Å². The molecule has 146 valence electrons. The topological polar surface area (TPSA) is 44.1 Å². The van der Waals surface area contributed by atoms with Crippen LogP contribution in [-0.2, 0) is 6.42 Å². The standard InChI is InChI=1S/C25H24N2O2/c1-4-9-20-16-24(27(26-20)23-15-7-10-17(2)18(23)3)29-25(28)22-14-8-12-19-11-5-6-13-21(19)22/h5-8,10-16H,4,9H2,1-3H3. The maximum Gasteiger partial charge on any atom is 0.345 e. The van der Waals surface area contributed by atoms with E-state index in [1.54, 1.807) is 10.7 Å². The first-order valence-corrected chi connectivity index (χ1v) is 9.94. The average Bonchev–Trinajstić information content (AvgIpc) is 3.11. The van der Waals surface area contributed by atoms with E-state index in [4.69, 9.17) is 9.84 Å². The zero-order chi connectivity index (χ0) is 20.4. The number of aromatic nitrogens is 2. The largest absolute Gasteiger partial charge is 0.404 e. The molecule has 0 aliphatic rings. The van der Waals surface area contributed by atoms with Gasteiger partial charge in [-0.15, -0.1) is 0 Å². The predicted octanol–water partition coefficient (Wildman–Crippen LogP) is 5.81. The SMILES string of the molecule is CCCc1cc(OC(=O)c2cccc3ccccc23)n(-c2cccc(C)c2C)n1. The van der Waals surface area contributed by atoms with E-state index in [1.165, 1.54) is 5.56 Å². The van der Waals surface area contributed by atoms with E-state index in [0.717, 1.165) is 40.6 Å². The summed E-state index contributed by atoms with van der Waals surface area (Å²) in [6.07, 6.45) is 1.80. The summed E-state index contributed by atoms with van der Waals surface area (Å²) in [6, 6.07) is 21.4. The Morgan fingerprint density at radius 3 is 2.59 bits per heavy atom. The minimum atomic E-state index is -0.378. The highest BCUT2D eigenvalue weighted by atomic mass is 16.5. The highest BCUT2D eigenvalue weighted by Gasteiger charge is 2.18. The lowest BCUT2D eigenvalue weighted by molar-refractivity contribution is 0.0725. The molecule has 4 nitrogen and oxygen atoms in total. The first-order chi connectivity index (χ1) is 14.1. The summed E-state index contributed by atoms with van der Waals surface area (Å²) in [4.78, 5) is 13.1. The van der Waals surface area contributed by atoms with E-state index in [1.807, 2.05) is 54.6 Å². The molecule has 0 unspecified atom stereocenters. The molecular weight excluding hydrogens is 360 g/mol. The summed E-state index contributed by atoms with van der Waals surface area (Å²) < 4.78 is 7.62. The third-order valence-corrected chi connectivity index (χ3v) is 5.24. The van der Waals surface area contributed by atoms with E-state index in [0.29, 0.717) is 11.4 Å². The highest BCUT2D eigenvalue weighted by molar-refractivity contribution is 6.05. The van der Waals surface area contributed by atoms with Gasteiger partial charge in [0.1, 0.15) is 0 Å². The monoisotopic (exact) mass is 384 g/mol. The molecule has 0 aliphatic carbocycles. The van der Waals surface area contributed by atoms with Crippen LogP contribution in [0.4, 0.5) is 0 Å². The number of nitrogens with zero attached hydrogens (tertiary/aromatic N) is 2. The molecule has 29 heavy (non-hydrogen) atoms. The molecule has 0 fully saturated rings. The van der Waals surface area contributed by atoms with Crippen molar-refractivity contribution in [1.82, 2.24) is 9.78 Å². The first-order valence-electron chi connectivity index (χ1n) is 9.94. The van der Waals surface area contributed by atoms with Gasteiger partial charge in [0.2, 0.25) is 5.88 Å². The second-order valence-electron chi connectivity index (χ2n) is 7.27. The normalized spacial score (nSPS) is 11.0. The van der Waals surface area contributed by atoms with Crippen molar-refractivity contribution in [3.63, 3.8) is 0 Å². The Hall–Kier alpha value is -3.40. The molecule has 0 aliphatic heterocycles. The summed E-state index contributed by atoms with van der Waals surface area (Å²) in [6.45, 7) is 6.23. The van der Waals surface area contributed by atoms with Crippen molar-refractivity contribution in [2.75, 3.05) is 0 Å². The Morgan fingerprint density at radius 1 is 1.00 bits per heavy atom. The molecular formula is C25H24N2O2. The smallest absolute Gasteiger partial charge is 0.345 e. The van der Waals surface area contributed by atoms with Gasteiger partial charge in [-0.2, -0.15) is 5.10 Å². The van der Waals surface area contributed by atoms with Gasteiger partial charge in [0.25, 0.3) is 0 Å². The molecule has 0 amide bonds. The minimum Gasteiger partial charge on any atom is -0.404 e. The van der Waals surface area contributed by atoms with Gasteiger partial charge in [-0.25, -0.2) is 9.48 Å². The fourth-order valence-corrected chi connectivity index (χ4v) is 3.55. The van der Waals surface area contributed by atoms with Crippen LogP contribution in [0.15, 0.2) is 66.7 Å². The van der Waals surface area contributed by atoms with Gasteiger partial charge in [-0.1, -0.05) is 61.9 Å². The Bertz CT molecular complexity index is 1190. The van der Waals surface area contributed by atoms with Crippen LogP contribution in [-0.4, -0.2) is 15.7 Å². The van der Waals surface area contributed by atoms with Gasteiger partial charge in [0.15, 0.2) is 0 Å². The van der Waals surface area contributed by atoms with Crippen molar-refractivity contribution in [3.8, 4) is 11.6 Å². The molecule has 4 rings (SSSR count). The first kappa shape index (κ1) is 18.9. The Labute approximate surface area is 170 Å². The Kier molecular flexibility index (Phi) is 5.17. The van der Waals surface area contributed by atoms with Crippen LogP contribution in [0.3, 0.4) is 0 Å². The summed E-state index contributed by atoms with van der Waals surface area (Å²) >= 11 is 0. The summed E-state index contributed by atoms with van der Waals surface area (Å²) in [7, 11) is 0. The third-order valence-electron chi connectivity index (χ3n) is 5.24. The van der Waals surface area contributed by atoms with Gasteiger partial charge >= 0.3 is 5.97 Å². The lowest BCUT2D eigenvalue weighted by Gasteiger charge is -2.12. The van der Waals surface area contributed by atoms with Gasteiger partial charge in [-0.3, -0.25) is 0 Å². The van der Waals surface area contributed by atoms with Crippen LogP contribution in [0.1, 0.15) is 40.5 Å². The van der Waals surface area contributed by atoms with Crippen LogP contribution in [0.25, 0.3) is 16.5 Å². The highest BCUT2D eigenvalue weighted by Crippen LogP contribution is 2.26. The number of benzene rings is 3. The third kappa shape index (κ3) is 3.66. The second-order valence-corrected chi connectivity index (χ2v) is 7.27.